The predicted molar refractivity (Wildman–Crippen MR) is 100 cm³/mol. The van der Waals surface area contributed by atoms with Crippen LogP contribution in [0.15, 0.2) is 0 Å². The van der Waals surface area contributed by atoms with Crippen LogP contribution < -0.4 is 51.4 Å². The third kappa shape index (κ3) is 20.1. The van der Waals surface area contributed by atoms with E-state index in [2.05, 4.69) is 0 Å². The second-order valence-corrected chi connectivity index (χ2v) is 8.64. The van der Waals surface area contributed by atoms with Gasteiger partial charge in [-0.3, -0.25) is 0 Å². The monoisotopic (exact) mass is 402 g/mol. The largest absolute Gasteiger partial charge is 1.00 e. The van der Waals surface area contributed by atoms with Gasteiger partial charge in [0.2, 0.25) is 0 Å². The molecule has 0 heterocycles. The van der Waals surface area contributed by atoms with Gasteiger partial charge in [-0.1, -0.05) is 90.4 Å². The second-order valence-electron chi connectivity index (χ2n) is 6.99. The summed E-state index contributed by atoms with van der Waals surface area (Å²) in [6, 6.07) is 0. The molecule has 0 aliphatic carbocycles. The van der Waals surface area contributed by atoms with Gasteiger partial charge in [-0.2, -0.15) is 0 Å². The molecule has 0 aliphatic heterocycles. The SMILES string of the molecule is CCC(CCCCCCCCCCCCCCCCO)S(=O)(=O)[O-].[K+]. The van der Waals surface area contributed by atoms with E-state index in [0.29, 0.717) is 19.4 Å². The van der Waals surface area contributed by atoms with Crippen molar-refractivity contribution in [1.29, 1.82) is 0 Å². The smallest absolute Gasteiger partial charge is 0.748 e. The Bertz CT molecular complexity index is 360. The van der Waals surface area contributed by atoms with Crippen molar-refractivity contribution in [3.63, 3.8) is 0 Å². The van der Waals surface area contributed by atoms with Crippen LogP contribution in [0.4, 0.5) is 0 Å². The molecule has 0 amide bonds. The molecule has 25 heavy (non-hydrogen) atoms. The molecule has 0 spiro atoms. The second kappa shape index (κ2) is 20.2. The molecule has 0 saturated heterocycles. The Balaban J connectivity index is 0. The predicted octanol–water partition coefficient (Wildman–Crippen LogP) is 2.16. The Hall–Kier alpha value is 1.51. The third-order valence-electron chi connectivity index (χ3n) is 4.80. The fraction of sp³-hybridized carbons (Fsp3) is 1.00. The van der Waals surface area contributed by atoms with E-state index in [4.69, 9.17) is 5.11 Å². The van der Waals surface area contributed by atoms with Crippen LogP contribution in [0.5, 0.6) is 0 Å². The average Bonchev–Trinajstić information content (AvgIpc) is 2.53. The molecule has 0 aromatic heterocycles. The summed E-state index contributed by atoms with van der Waals surface area (Å²) in [5.74, 6) is 0. The fourth-order valence-corrected chi connectivity index (χ4v) is 4.02. The van der Waals surface area contributed by atoms with Gasteiger partial charge in [-0.15, -0.1) is 0 Å². The standard InChI is InChI=1S/C19H40O4S.K/c1-2-19(24(21,22)23)17-15-13-11-9-7-5-3-4-6-8-10-12-14-16-18-20;/h19-20H,2-18H2,1H3,(H,21,22,23);/q;+1/p-1. The van der Waals surface area contributed by atoms with Crippen LogP contribution in [0.1, 0.15) is 110 Å². The minimum atomic E-state index is -4.10. The number of aliphatic hydroxyl groups is 1. The van der Waals surface area contributed by atoms with Crippen molar-refractivity contribution in [2.75, 3.05) is 6.61 Å². The first-order valence-electron chi connectivity index (χ1n) is 10.1. The Kier molecular flexibility index (Phi) is 23.3. The van der Waals surface area contributed by atoms with Gasteiger partial charge >= 0.3 is 51.4 Å². The summed E-state index contributed by atoms with van der Waals surface area (Å²) in [4.78, 5) is 0. The first kappa shape index (κ1) is 28.7. The molecule has 1 atom stereocenters. The van der Waals surface area contributed by atoms with Crippen molar-refractivity contribution in [3.8, 4) is 0 Å². The van der Waals surface area contributed by atoms with E-state index in [0.717, 1.165) is 32.1 Å². The average molecular weight is 403 g/mol. The van der Waals surface area contributed by atoms with Gasteiger partial charge in [-0.25, -0.2) is 8.42 Å². The fourth-order valence-electron chi connectivity index (χ4n) is 3.16. The van der Waals surface area contributed by atoms with Crippen molar-refractivity contribution < 1.29 is 69.5 Å². The Morgan fingerprint density at radius 2 is 1.04 bits per heavy atom. The van der Waals surface area contributed by atoms with E-state index in [1.807, 2.05) is 0 Å². The van der Waals surface area contributed by atoms with Crippen LogP contribution >= 0.6 is 0 Å². The maximum atomic E-state index is 11.0. The molecule has 0 bridgehead atoms. The molecular formula is C19H39KO4S. The van der Waals surface area contributed by atoms with Crippen molar-refractivity contribution in [3.05, 3.63) is 0 Å². The Labute approximate surface area is 199 Å². The summed E-state index contributed by atoms with van der Waals surface area (Å²) >= 11 is 0. The van der Waals surface area contributed by atoms with Gasteiger partial charge in [0, 0.05) is 11.9 Å². The quantitative estimate of drug-likeness (QED) is 0.216. The number of hydrogen-bond donors (Lipinski definition) is 1. The summed E-state index contributed by atoms with van der Waals surface area (Å²) in [5.41, 5.74) is 0. The van der Waals surface area contributed by atoms with E-state index in [-0.39, 0.29) is 51.4 Å². The molecule has 0 saturated carbocycles. The van der Waals surface area contributed by atoms with E-state index in [9.17, 15) is 13.0 Å². The maximum Gasteiger partial charge on any atom is 1.00 e. The summed E-state index contributed by atoms with van der Waals surface area (Å²) in [5, 5.41) is 8.01. The zero-order valence-corrected chi connectivity index (χ0v) is 20.6. The van der Waals surface area contributed by atoms with Gasteiger partial charge in [0.15, 0.2) is 0 Å². The van der Waals surface area contributed by atoms with E-state index in [1.54, 1.807) is 6.92 Å². The summed E-state index contributed by atoms with van der Waals surface area (Å²) in [7, 11) is -4.10. The van der Waals surface area contributed by atoms with Crippen molar-refractivity contribution in [1.82, 2.24) is 0 Å². The van der Waals surface area contributed by atoms with Gasteiger partial charge < -0.3 is 9.66 Å². The molecule has 1 unspecified atom stereocenters. The number of aliphatic hydroxyl groups excluding tert-OH is 1. The maximum absolute atomic E-state index is 11.0. The minimum Gasteiger partial charge on any atom is -0.748 e. The molecular weight excluding hydrogens is 363 g/mol. The summed E-state index contributed by atoms with van der Waals surface area (Å²) in [6.07, 6.45) is 17.8. The van der Waals surface area contributed by atoms with Crippen LogP contribution in [0.3, 0.4) is 0 Å². The molecule has 1 N–H and O–H groups in total. The van der Waals surface area contributed by atoms with Gasteiger partial charge in [0.05, 0.1) is 10.1 Å². The normalized spacial score (nSPS) is 12.8. The zero-order chi connectivity index (χ0) is 18.1. The number of unbranched alkanes of at least 4 members (excludes halogenated alkanes) is 13. The summed E-state index contributed by atoms with van der Waals surface area (Å²) < 4.78 is 32.9. The third-order valence-corrected chi connectivity index (χ3v) is 6.18. The number of rotatable bonds is 18. The molecule has 0 aromatic rings. The van der Waals surface area contributed by atoms with Crippen molar-refractivity contribution in [2.24, 2.45) is 0 Å². The topological polar surface area (TPSA) is 77.4 Å². The van der Waals surface area contributed by atoms with E-state index >= 15 is 0 Å². The summed E-state index contributed by atoms with van der Waals surface area (Å²) in [6.45, 7) is 2.10. The first-order chi connectivity index (χ1) is 11.5. The number of hydrogen-bond acceptors (Lipinski definition) is 4. The zero-order valence-electron chi connectivity index (χ0n) is 16.7. The molecule has 0 rings (SSSR count). The molecule has 0 aromatic carbocycles. The van der Waals surface area contributed by atoms with Gasteiger partial charge in [0.1, 0.15) is 0 Å². The Morgan fingerprint density at radius 1 is 0.720 bits per heavy atom. The molecule has 4 nitrogen and oxygen atoms in total. The molecule has 0 fully saturated rings. The molecule has 0 radical (unpaired) electrons. The van der Waals surface area contributed by atoms with E-state index < -0.39 is 15.4 Å². The minimum absolute atomic E-state index is 0. The molecule has 6 heteroatoms. The van der Waals surface area contributed by atoms with E-state index in [1.165, 1.54) is 57.8 Å². The van der Waals surface area contributed by atoms with Crippen molar-refractivity contribution >= 4 is 10.1 Å². The van der Waals surface area contributed by atoms with Gasteiger partial charge in [0.25, 0.3) is 0 Å². The van der Waals surface area contributed by atoms with Gasteiger partial charge in [-0.05, 0) is 19.3 Å². The van der Waals surface area contributed by atoms with Crippen LogP contribution in [0.25, 0.3) is 0 Å². The van der Waals surface area contributed by atoms with Crippen molar-refractivity contribution in [2.45, 2.75) is 115 Å². The van der Waals surface area contributed by atoms with Crippen LogP contribution in [-0.2, 0) is 10.1 Å². The first-order valence-corrected chi connectivity index (χ1v) is 11.5. The van der Waals surface area contributed by atoms with Crippen LogP contribution in [0, 0.1) is 0 Å². The molecule has 146 valence electrons. The van der Waals surface area contributed by atoms with Crippen LogP contribution in [0.2, 0.25) is 0 Å². The Morgan fingerprint density at radius 3 is 1.32 bits per heavy atom. The molecule has 0 aliphatic rings. The van der Waals surface area contributed by atoms with Crippen LogP contribution in [-0.4, -0.2) is 29.9 Å².